The van der Waals surface area contributed by atoms with Crippen LogP contribution in [-0.4, -0.2) is 48.7 Å². The van der Waals surface area contributed by atoms with Gasteiger partial charge in [0.1, 0.15) is 0 Å². The number of hydrogen-bond acceptors (Lipinski definition) is 7. The molecule has 1 aromatic heterocycles. The van der Waals surface area contributed by atoms with Crippen molar-refractivity contribution in [3.63, 3.8) is 0 Å². The van der Waals surface area contributed by atoms with Crippen LogP contribution in [0.3, 0.4) is 0 Å². The molecule has 0 aliphatic carbocycles. The zero-order valence-corrected chi connectivity index (χ0v) is 19.9. The molecular weight excluding hydrogens is 404 g/mol. The fourth-order valence-electron chi connectivity index (χ4n) is 2.93. The van der Waals surface area contributed by atoms with Gasteiger partial charge in [0, 0.05) is 20.2 Å². The summed E-state index contributed by atoms with van der Waals surface area (Å²) in [5.74, 6) is 0.355. The second kappa shape index (κ2) is 10.9. The van der Waals surface area contributed by atoms with Gasteiger partial charge < -0.3 is 15.4 Å². The molecule has 0 atom stereocenters. The van der Waals surface area contributed by atoms with E-state index < -0.39 is 0 Å². The van der Waals surface area contributed by atoms with Gasteiger partial charge in [0.15, 0.2) is 4.34 Å². The molecule has 0 radical (unpaired) electrons. The molecule has 2 rings (SSSR count). The van der Waals surface area contributed by atoms with Crippen LogP contribution in [0.15, 0.2) is 16.5 Å². The van der Waals surface area contributed by atoms with Crippen LogP contribution in [0, 0.1) is 13.8 Å². The van der Waals surface area contributed by atoms with Crippen molar-refractivity contribution in [2.24, 2.45) is 0 Å². The van der Waals surface area contributed by atoms with Gasteiger partial charge in [-0.05, 0) is 47.9 Å². The lowest BCUT2D eigenvalue weighted by Crippen LogP contribution is -2.27. The Morgan fingerprint density at radius 1 is 1.17 bits per heavy atom. The highest BCUT2D eigenvalue weighted by atomic mass is 32.2. The highest BCUT2D eigenvalue weighted by Crippen LogP contribution is 2.27. The summed E-state index contributed by atoms with van der Waals surface area (Å²) < 4.78 is 5.77. The molecule has 0 saturated heterocycles. The topological polar surface area (TPSA) is 76.1 Å². The van der Waals surface area contributed by atoms with E-state index in [-0.39, 0.29) is 11.3 Å². The van der Waals surface area contributed by atoms with Crippen molar-refractivity contribution in [2.45, 2.75) is 50.8 Å². The highest BCUT2D eigenvalue weighted by molar-refractivity contribution is 8.01. The fraction of sp³-hybridized carbons (Fsp3) is 0.571. The number of carbonyl (C=O) groups excluding carboxylic acids is 1. The van der Waals surface area contributed by atoms with Gasteiger partial charge in [0.05, 0.1) is 12.4 Å². The summed E-state index contributed by atoms with van der Waals surface area (Å²) in [4.78, 5) is 12.2. The number of nitrogens with zero attached hydrogens (tertiary/aromatic N) is 2. The number of benzene rings is 1. The number of nitrogens with one attached hydrogen (secondary N) is 2. The molecule has 160 valence electrons. The second-order valence-corrected chi connectivity index (χ2v) is 10.2. The molecule has 0 saturated carbocycles. The number of hydrogen-bond donors (Lipinski definition) is 2. The SMILES string of the molecule is COCCNc1nnc(SCC(=O)NCCc2c(C)cc(C(C)(C)C)cc2C)s1. The van der Waals surface area contributed by atoms with Crippen molar-refractivity contribution in [2.75, 3.05) is 37.9 Å². The Bertz CT molecular complexity index is 792. The van der Waals surface area contributed by atoms with Crippen molar-refractivity contribution in [3.8, 4) is 0 Å². The van der Waals surface area contributed by atoms with Crippen LogP contribution in [-0.2, 0) is 21.4 Å². The van der Waals surface area contributed by atoms with Crippen molar-refractivity contribution >= 4 is 34.1 Å². The number of ether oxygens (including phenoxy) is 1. The Kier molecular flexibility index (Phi) is 8.92. The minimum atomic E-state index is 0.0145. The Morgan fingerprint density at radius 2 is 1.86 bits per heavy atom. The monoisotopic (exact) mass is 436 g/mol. The fourth-order valence-corrected chi connectivity index (χ4v) is 4.53. The zero-order valence-electron chi connectivity index (χ0n) is 18.2. The molecule has 0 unspecified atom stereocenters. The number of aryl methyl sites for hydroxylation is 2. The standard InChI is InChI=1S/C21H32N4O2S2/c1-14-11-16(21(3,4)5)12-15(2)17(14)7-8-22-18(26)13-28-20-25-24-19(29-20)23-9-10-27-6/h11-12H,7-10,13H2,1-6H3,(H,22,26)(H,23,24). The highest BCUT2D eigenvalue weighted by Gasteiger charge is 2.16. The second-order valence-electron chi connectivity index (χ2n) is 8.02. The minimum absolute atomic E-state index is 0.0145. The maximum Gasteiger partial charge on any atom is 0.230 e. The van der Waals surface area contributed by atoms with Crippen LogP contribution in [0.4, 0.5) is 5.13 Å². The van der Waals surface area contributed by atoms with E-state index in [1.807, 2.05) is 0 Å². The number of amides is 1. The molecule has 0 spiro atoms. The summed E-state index contributed by atoms with van der Waals surface area (Å²) in [6, 6.07) is 4.54. The largest absolute Gasteiger partial charge is 0.383 e. The molecule has 0 aliphatic rings. The summed E-state index contributed by atoms with van der Waals surface area (Å²) in [6.45, 7) is 12.9. The first-order chi connectivity index (χ1) is 13.7. The third-order valence-corrected chi connectivity index (χ3v) is 6.59. The first kappa shape index (κ1) is 23.6. The van der Waals surface area contributed by atoms with E-state index in [4.69, 9.17) is 4.74 Å². The van der Waals surface area contributed by atoms with Crippen LogP contribution in [0.25, 0.3) is 0 Å². The smallest absolute Gasteiger partial charge is 0.230 e. The van der Waals surface area contributed by atoms with Crippen LogP contribution in [0.5, 0.6) is 0 Å². The van der Waals surface area contributed by atoms with Gasteiger partial charge >= 0.3 is 0 Å². The van der Waals surface area contributed by atoms with E-state index in [1.54, 1.807) is 7.11 Å². The first-order valence-corrected chi connectivity index (χ1v) is 11.6. The van der Waals surface area contributed by atoms with Crippen LogP contribution < -0.4 is 10.6 Å². The number of methoxy groups -OCH3 is 1. The third-order valence-electron chi connectivity index (χ3n) is 4.57. The first-order valence-electron chi connectivity index (χ1n) is 9.77. The maximum absolute atomic E-state index is 12.2. The van der Waals surface area contributed by atoms with Gasteiger partial charge in [0.25, 0.3) is 0 Å². The number of rotatable bonds is 10. The van der Waals surface area contributed by atoms with E-state index in [0.717, 1.165) is 15.9 Å². The average molecular weight is 437 g/mol. The molecule has 0 bridgehead atoms. The van der Waals surface area contributed by atoms with E-state index in [1.165, 1.54) is 45.4 Å². The molecule has 8 heteroatoms. The van der Waals surface area contributed by atoms with Gasteiger partial charge in [-0.1, -0.05) is 56.0 Å². The summed E-state index contributed by atoms with van der Waals surface area (Å²) >= 11 is 2.85. The maximum atomic E-state index is 12.2. The Labute approximate surface area is 182 Å². The van der Waals surface area contributed by atoms with E-state index in [0.29, 0.717) is 25.4 Å². The van der Waals surface area contributed by atoms with E-state index >= 15 is 0 Å². The quantitative estimate of drug-likeness (QED) is 0.434. The Hall–Kier alpha value is -1.64. The van der Waals surface area contributed by atoms with Crippen molar-refractivity contribution in [3.05, 3.63) is 34.4 Å². The molecule has 0 aliphatic heterocycles. The van der Waals surface area contributed by atoms with E-state index in [9.17, 15) is 4.79 Å². The van der Waals surface area contributed by atoms with E-state index in [2.05, 4.69) is 67.6 Å². The molecule has 1 amide bonds. The predicted molar refractivity (Wildman–Crippen MR) is 122 cm³/mol. The van der Waals surface area contributed by atoms with Gasteiger partial charge in [-0.2, -0.15) is 0 Å². The van der Waals surface area contributed by atoms with Crippen LogP contribution >= 0.6 is 23.1 Å². The Balaban J connectivity index is 1.77. The van der Waals surface area contributed by atoms with Crippen molar-refractivity contribution in [1.82, 2.24) is 15.5 Å². The molecule has 6 nitrogen and oxygen atoms in total. The van der Waals surface area contributed by atoms with Gasteiger partial charge in [-0.15, -0.1) is 10.2 Å². The number of thioether (sulfide) groups is 1. The lowest BCUT2D eigenvalue weighted by Gasteiger charge is -2.22. The van der Waals surface area contributed by atoms with Crippen molar-refractivity contribution in [1.29, 1.82) is 0 Å². The van der Waals surface area contributed by atoms with Gasteiger partial charge in [0.2, 0.25) is 11.0 Å². The normalized spacial score (nSPS) is 11.5. The van der Waals surface area contributed by atoms with Crippen LogP contribution in [0.1, 0.15) is 43.0 Å². The summed E-state index contributed by atoms with van der Waals surface area (Å²) in [5, 5.41) is 15.0. The molecule has 2 N–H and O–H groups in total. The number of aromatic nitrogens is 2. The number of anilines is 1. The minimum Gasteiger partial charge on any atom is -0.383 e. The van der Waals surface area contributed by atoms with Crippen molar-refractivity contribution < 1.29 is 9.53 Å². The summed E-state index contributed by atoms with van der Waals surface area (Å²) in [5.41, 5.74) is 5.40. The zero-order chi connectivity index (χ0) is 21.4. The lowest BCUT2D eigenvalue weighted by molar-refractivity contribution is -0.118. The van der Waals surface area contributed by atoms with Gasteiger partial charge in [-0.3, -0.25) is 4.79 Å². The molecule has 2 aromatic rings. The average Bonchev–Trinajstić information content (AvgIpc) is 3.09. The molecule has 1 aromatic carbocycles. The predicted octanol–water partition coefficient (Wildman–Crippen LogP) is 3.96. The lowest BCUT2D eigenvalue weighted by atomic mass is 9.83. The molecule has 1 heterocycles. The molecule has 29 heavy (non-hydrogen) atoms. The Morgan fingerprint density at radius 3 is 2.48 bits per heavy atom. The summed E-state index contributed by atoms with van der Waals surface area (Å²) in [6.07, 6.45) is 0.838. The summed E-state index contributed by atoms with van der Waals surface area (Å²) in [7, 11) is 1.66. The third kappa shape index (κ3) is 7.60. The van der Waals surface area contributed by atoms with Gasteiger partial charge in [-0.25, -0.2) is 0 Å². The molecule has 0 fully saturated rings. The van der Waals surface area contributed by atoms with Crippen LogP contribution in [0.2, 0.25) is 0 Å². The number of carbonyl (C=O) groups is 1. The molecular formula is C21H32N4O2S2.